The number of phenols is 1. The summed E-state index contributed by atoms with van der Waals surface area (Å²) in [4.78, 5) is 0. The minimum Gasteiger partial charge on any atom is -0.506 e. The third kappa shape index (κ3) is 3.20. The van der Waals surface area contributed by atoms with Gasteiger partial charge in [-0.3, -0.25) is 4.72 Å². The number of benzene rings is 1. The lowest BCUT2D eigenvalue weighted by Gasteiger charge is -2.09. The number of anilines is 1. The van der Waals surface area contributed by atoms with Crippen molar-refractivity contribution >= 4 is 43.0 Å². The highest BCUT2D eigenvalue weighted by Crippen LogP contribution is 2.32. The van der Waals surface area contributed by atoms with Crippen molar-refractivity contribution in [1.29, 1.82) is 0 Å². The van der Waals surface area contributed by atoms with Crippen LogP contribution < -0.4 is 9.46 Å². The Morgan fingerprint density at radius 1 is 1.32 bits per heavy atom. The van der Waals surface area contributed by atoms with Crippen molar-refractivity contribution < 1.29 is 18.3 Å². The van der Waals surface area contributed by atoms with E-state index >= 15 is 0 Å². The van der Waals surface area contributed by atoms with Crippen LogP contribution in [0, 0.1) is 0 Å². The number of hydrogen-bond donors (Lipinski definition) is 2. The summed E-state index contributed by atoms with van der Waals surface area (Å²) in [6.07, 6.45) is 0. The summed E-state index contributed by atoms with van der Waals surface area (Å²) in [5, 5.41) is 9.73. The Hall–Kier alpha value is -1.25. The molecule has 0 aliphatic carbocycles. The highest BCUT2D eigenvalue weighted by molar-refractivity contribution is 9.11. The number of hydrogen-bond acceptors (Lipinski definition) is 5. The van der Waals surface area contributed by atoms with Crippen molar-refractivity contribution in [2.45, 2.75) is 4.21 Å². The molecule has 0 atom stereocenters. The van der Waals surface area contributed by atoms with E-state index in [0.717, 1.165) is 11.3 Å². The van der Waals surface area contributed by atoms with Crippen molar-refractivity contribution in [2.75, 3.05) is 11.8 Å². The van der Waals surface area contributed by atoms with Crippen LogP contribution in [-0.4, -0.2) is 20.6 Å². The maximum Gasteiger partial charge on any atom is 0.271 e. The molecule has 0 spiro atoms. The van der Waals surface area contributed by atoms with E-state index in [2.05, 4.69) is 20.7 Å². The number of ether oxygens (including phenoxy) is 1. The Bertz CT molecular complexity index is 696. The fourth-order valence-electron chi connectivity index (χ4n) is 1.36. The molecule has 2 aromatic rings. The molecule has 0 amide bonds. The van der Waals surface area contributed by atoms with Gasteiger partial charge in [0.2, 0.25) is 0 Å². The van der Waals surface area contributed by atoms with E-state index in [1.807, 2.05) is 0 Å². The predicted molar refractivity (Wildman–Crippen MR) is 77.5 cm³/mol. The van der Waals surface area contributed by atoms with Gasteiger partial charge in [0.1, 0.15) is 15.7 Å². The second kappa shape index (κ2) is 5.40. The quantitative estimate of drug-likeness (QED) is 0.818. The van der Waals surface area contributed by atoms with Crippen molar-refractivity contribution in [2.24, 2.45) is 0 Å². The molecule has 19 heavy (non-hydrogen) atoms. The number of halogens is 1. The van der Waals surface area contributed by atoms with Gasteiger partial charge in [-0.15, -0.1) is 11.3 Å². The van der Waals surface area contributed by atoms with Crippen LogP contribution in [0.4, 0.5) is 5.69 Å². The summed E-state index contributed by atoms with van der Waals surface area (Å²) >= 11 is 4.29. The Morgan fingerprint density at radius 3 is 2.58 bits per heavy atom. The lowest BCUT2D eigenvalue weighted by molar-refractivity contribution is 0.408. The SMILES string of the molecule is COc1ccc(NS(=O)(=O)c2ccc(Br)s2)c(O)c1. The first-order valence-corrected chi connectivity index (χ1v) is 8.17. The molecule has 0 aliphatic heterocycles. The smallest absolute Gasteiger partial charge is 0.271 e. The molecule has 1 aromatic heterocycles. The van der Waals surface area contributed by atoms with Crippen LogP contribution in [0.3, 0.4) is 0 Å². The highest BCUT2D eigenvalue weighted by atomic mass is 79.9. The normalized spacial score (nSPS) is 11.3. The largest absolute Gasteiger partial charge is 0.506 e. The van der Waals surface area contributed by atoms with E-state index in [4.69, 9.17) is 4.74 Å². The first-order valence-electron chi connectivity index (χ1n) is 5.07. The molecule has 0 fully saturated rings. The van der Waals surface area contributed by atoms with Gasteiger partial charge in [-0.05, 0) is 40.2 Å². The molecule has 0 aliphatic rings. The monoisotopic (exact) mass is 363 g/mol. The van der Waals surface area contributed by atoms with Crippen LogP contribution in [-0.2, 0) is 10.0 Å². The van der Waals surface area contributed by atoms with Crippen LogP contribution in [0.2, 0.25) is 0 Å². The lowest BCUT2D eigenvalue weighted by Crippen LogP contribution is -2.11. The second-order valence-corrected chi connectivity index (χ2v) is 7.92. The minimum absolute atomic E-state index is 0.102. The van der Waals surface area contributed by atoms with Gasteiger partial charge in [0.05, 0.1) is 16.6 Å². The van der Waals surface area contributed by atoms with E-state index in [-0.39, 0.29) is 15.6 Å². The van der Waals surface area contributed by atoms with Gasteiger partial charge in [-0.2, -0.15) is 0 Å². The standard InChI is InChI=1S/C11H10BrNO4S2/c1-17-7-2-3-8(9(14)6-7)13-19(15,16)11-5-4-10(12)18-11/h2-6,13-14H,1H3. The van der Waals surface area contributed by atoms with Crippen LogP contribution >= 0.6 is 27.3 Å². The van der Waals surface area contributed by atoms with Crippen molar-refractivity contribution in [1.82, 2.24) is 0 Å². The fourth-order valence-corrected chi connectivity index (χ4v) is 4.45. The summed E-state index contributed by atoms with van der Waals surface area (Å²) in [5.41, 5.74) is 0.102. The minimum atomic E-state index is -3.70. The van der Waals surface area contributed by atoms with E-state index in [1.165, 1.54) is 25.3 Å². The van der Waals surface area contributed by atoms with Crippen LogP contribution in [0.1, 0.15) is 0 Å². The maximum absolute atomic E-state index is 12.1. The average molecular weight is 364 g/mol. The summed E-state index contributed by atoms with van der Waals surface area (Å²) < 4.78 is 32.2. The molecular formula is C11H10BrNO4S2. The molecule has 1 heterocycles. The van der Waals surface area contributed by atoms with Crippen LogP contribution in [0.5, 0.6) is 11.5 Å². The molecule has 102 valence electrons. The van der Waals surface area contributed by atoms with Gasteiger partial charge >= 0.3 is 0 Å². The number of phenolic OH excluding ortho intramolecular Hbond substituents is 1. The topological polar surface area (TPSA) is 75.6 Å². The van der Waals surface area contributed by atoms with E-state index in [9.17, 15) is 13.5 Å². The molecule has 1 aromatic carbocycles. The van der Waals surface area contributed by atoms with Crippen molar-refractivity contribution in [3.8, 4) is 11.5 Å². The van der Waals surface area contributed by atoms with Gasteiger partial charge in [-0.1, -0.05) is 0 Å². The van der Waals surface area contributed by atoms with Crippen molar-refractivity contribution in [3.05, 3.63) is 34.1 Å². The van der Waals surface area contributed by atoms with Gasteiger partial charge < -0.3 is 9.84 Å². The molecule has 0 unspecified atom stereocenters. The molecule has 8 heteroatoms. The van der Waals surface area contributed by atoms with E-state index in [0.29, 0.717) is 9.54 Å². The van der Waals surface area contributed by atoms with E-state index in [1.54, 1.807) is 12.1 Å². The third-order valence-corrected chi connectivity index (χ3v) is 5.74. The van der Waals surface area contributed by atoms with Gasteiger partial charge in [0.15, 0.2) is 0 Å². The third-order valence-electron chi connectivity index (χ3n) is 2.26. The van der Waals surface area contributed by atoms with Crippen LogP contribution in [0.15, 0.2) is 38.3 Å². The molecular weight excluding hydrogens is 354 g/mol. The number of aromatic hydroxyl groups is 1. The number of rotatable bonds is 4. The van der Waals surface area contributed by atoms with Gasteiger partial charge in [0, 0.05) is 6.07 Å². The zero-order valence-corrected chi connectivity index (χ0v) is 13.0. The first-order chi connectivity index (χ1) is 8.92. The Kier molecular flexibility index (Phi) is 4.02. The fraction of sp³-hybridized carbons (Fsp3) is 0.0909. The molecule has 0 radical (unpaired) electrons. The van der Waals surface area contributed by atoms with Crippen molar-refractivity contribution in [3.63, 3.8) is 0 Å². The predicted octanol–water partition coefficient (Wildman–Crippen LogP) is 3.03. The molecule has 0 bridgehead atoms. The Balaban J connectivity index is 2.30. The molecule has 0 saturated heterocycles. The van der Waals surface area contributed by atoms with Crippen LogP contribution in [0.25, 0.3) is 0 Å². The highest BCUT2D eigenvalue weighted by Gasteiger charge is 2.18. The molecule has 0 saturated carbocycles. The molecule has 2 N–H and O–H groups in total. The summed E-state index contributed by atoms with van der Waals surface area (Å²) in [6, 6.07) is 7.46. The second-order valence-electron chi connectivity index (χ2n) is 3.55. The van der Waals surface area contributed by atoms with Gasteiger partial charge in [-0.25, -0.2) is 8.42 Å². The maximum atomic E-state index is 12.1. The number of sulfonamides is 1. The lowest BCUT2D eigenvalue weighted by atomic mass is 10.3. The zero-order valence-electron chi connectivity index (χ0n) is 9.75. The number of methoxy groups -OCH3 is 1. The summed E-state index contributed by atoms with van der Waals surface area (Å²) in [6.45, 7) is 0. The summed E-state index contributed by atoms with van der Waals surface area (Å²) in [5.74, 6) is 0.248. The Morgan fingerprint density at radius 2 is 2.05 bits per heavy atom. The van der Waals surface area contributed by atoms with Gasteiger partial charge in [0.25, 0.3) is 10.0 Å². The molecule has 5 nitrogen and oxygen atoms in total. The first kappa shape index (κ1) is 14.2. The van der Waals surface area contributed by atoms with E-state index < -0.39 is 10.0 Å². The Labute approximate surface area is 123 Å². The zero-order chi connectivity index (χ0) is 14.0. The summed E-state index contributed by atoms with van der Waals surface area (Å²) in [7, 11) is -2.24. The number of thiophene rings is 1. The average Bonchev–Trinajstić information content (AvgIpc) is 2.79. The number of nitrogens with one attached hydrogen (secondary N) is 1. The molecule has 2 rings (SSSR count).